The standard InChI is InChI=1S/C13H13NO3/c15-13-12(16-10-5-6-14-8-10)7-9-3-1-2-4-11(9)17-13/h1-4,7,10,14H,5-6,8H2/t10-/m1/s1. The molecule has 4 nitrogen and oxygen atoms in total. The van der Waals surface area contributed by atoms with E-state index in [2.05, 4.69) is 5.32 Å². The van der Waals surface area contributed by atoms with Crippen LogP contribution in [-0.4, -0.2) is 19.2 Å². The fourth-order valence-electron chi connectivity index (χ4n) is 2.03. The molecule has 1 aliphatic rings. The Bertz CT molecular complexity index is 584. The zero-order valence-electron chi connectivity index (χ0n) is 9.31. The Kier molecular flexibility index (Phi) is 2.57. The molecule has 1 saturated heterocycles. The van der Waals surface area contributed by atoms with Crippen molar-refractivity contribution in [3.05, 3.63) is 40.8 Å². The lowest BCUT2D eigenvalue weighted by atomic mass is 10.2. The molecule has 0 aliphatic carbocycles. The van der Waals surface area contributed by atoms with Gasteiger partial charge in [-0.2, -0.15) is 0 Å². The van der Waals surface area contributed by atoms with E-state index >= 15 is 0 Å². The van der Waals surface area contributed by atoms with E-state index in [9.17, 15) is 4.79 Å². The Morgan fingerprint density at radius 3 is 3.06 bits per heavy atom. The normalized spacial score (nSPS) is 19.6. The largest absolute Gasteiger partial charge is 0.482 e. The van der Waals surface area contributed by atoms with Crippen molar-refractivity contribution in [2.45, 2.75) is 12.5 Å². The fourth-order valence-corrected chi connectivity index (χ4v) is 2.03. The van der Waals surface area contributed by atoms with E-state index in [0.29, 0.717) is 11.3 Å². The van der Waals surface area contributed by atoms with Crippen LogP contribution in [-0.2, 0) is 0 Å². The fraction of sp³-hybridized carbons (Fsp3) is 0.308. The van der Waals surface area contributed by atoms with Crippen LogP contribution in [0.25, 0.3) is 11.0 Å². The summed E-state index contributed by atoms with van der Waals surface area (Å²) in [5.74, 6) is 0.303. The van der Waals surface area contributed by atoms with Crippen molar-refractivity contribution >= 4 is 11.0 Å². The monoisotopic (exact) mass is 231 g/mol. The molecule has 1 aromatic carbocycles. The van der Waals surface area contributed by atoms with Gasteiger partial charge < -0.3 is 14.5 Å². The van der Waals surface area contributed by atoms with Crippen molar-refractivity contribution in [3.63, 3.8) is 0 Å². The summed E-state index contributed by atoms with van der Waals surface area (Å²) in [5.41, 5.74) is 0.185. The molecule has 0 unspecified atom stereocenters. The summed E-state index contributed by atoms with van der Waals surface area (Å²) in [5, 5.41) is 4.07. The minimum Gasteiger partial charge on any atom is -0.482 e. The quantitative estimate of drug-likeness (QED) is 0.796. The summed E-state index contributed by atoms with van der Waals surface area (Å²) in [6.07, 6.45) is 0.991. The number of nitrogens with one attached hydrogen (secondary N) is 1. The number of para-hydroxylation sites is 1. The highest BCUT2D eigenvalue weighted by Gasteiger charge is 2.18. The molecule has 3 rings (SSSR count). The molecule has 2 heterocycles. The van der Waals surface area contributed by atoms with Crippen LogP contribution in [0.15, 0.2) is 39.5 Å². The molecule has 0 saturated carbocycles. The molecule has 0 amide bonds. The third kappa shape index (κ3) is 2.03. The topological polar surface area (TPSA) is 51.5 Å². The zero-order chi connectivity index (χ0) is 11.7. The first-order valence-electron chi connectivity index (χ1n) is 5.73. The van der Waals surface area contributed by atoms with E-state index in [0.717, 1.165) is 24.9 Å². The minimum atomic E-state index is -0.407. The molecule has 17 heavy (non-hydrogen) atoms. The SMILES string of the molecule is O=c1oc2ccccc2cc1O[C@@H]1CCNC1. The number of hydrogen-bond acceptors (Lipinski definition) is 4. The van der Waals surface area contributed by atoms with E-state index in [1.54, 1.807) is 12.1 Å². The third-order valence-corrected chi connectivity index (χ3v) is 2.92. The van der Waals surface area contributed by atoms with Gasteiger partial charge in [0.05, 0.1) is 0 Å². The predicted octanol–water partition coefficient (Wildman–Crippen LogP) is 1.53. The molecular formula is C13H13NO3. The average Bonchev–Trinajstić information content (AvgIpc) is 2.83. The average molecular weight is 231 g/mol. The Morgan fingerprint density at radius 1 is 1.35 bits per heavy atom. The third-order valence-electron chi connectivity index (χ3n) is 2.92. The van der Waals surface area contributed by atoms with Gasteiger partial charge in [-0.3, -0.25) is 0 Å². The van der Waals surface area contributed by atoms with Crippen LogP contribution in [0.2, 0.25) is 0 Å². The summed E-state index contributed by atoms with van der Waals surface area (Å²) in [6.45, 7) is 1.72. The van der Waals surface area contributed by atoms with Crippen LogP contribution in [0.1, 0.15) is 6.42 Å². The van der Waals surface area contributed by atoms with Gasteiger partial charge in [0.2, 0.25) is 5.75 Å². The Hall–Kier alpha value is -1.81. The minimum absolute atomic E-state index is 0.0686. The van der Waals surface area contributed by atoms with Crippen molar-refractivity contribution in [1.82, 2.24) is 5.32 Å². The van der Waals surface area contributed by atoms with Gasteiger partial charge in [0, 0.05) is 11.9 Å². The van der Waals surface area contributed by atoms with Gasteiger partial charge >= 0.3 is 5.63 Å². The Labute approximate surface area is 98.2 Å². The maximum atomic E-state index is 11.7. The van der Waals surface area contributed by atoms with Crippen LogP contribution in [0.5, 0.6) is 5.75 Å². The molecule has 0 radical (unpaired) electrons. The van der Waals surface area contributed by atoms with Crippen molar-refractivity contribution < 1.29 is 9.15 Å². The van der Waals surface area contributed by atoms with Gasteiger partial charge in [0.1, 0.15) is 11.7 Å². The Balaban J connectivity index is 1.98. The van der Waals surface area contributed by atoms with Crippen molar-refractivity contribution in [2.75, 3.05) is 13.1 Å². The summed E-state index contributed by atoms with van der Waals surface area (Å²) >= 11 is 0. The molecule has 1 fully saturated rings. The Morgan fingerprint density at radius 2 is 2.24 bits per heavy atom. The molecule has 0 spiro atoms. The first-order chi connectivity index (χ1) is 8.33. The molecule has 1 aromatic heterocycles. The van der Waals surface area contributed by atoms with Crippen molar-refractivity contribution in [3.8, 4) is 5.75 Å². The molecule has 88 valence electrons. The molecule has 0 bridgehead atoms. The van der Waals surface area contributed by atoms with Crippen LogP contribution in [0.3, 0.4) is 0 Å². The van der Waals surface area contributed by atoms with Gasteiger partial charge in [0.15, 0.2) is 0 Å². The maximum absolute atomic E-state index is 11.7. The maximum Gasteiger partial charge on any atom is 0.379 e. The molecule has 4 heteroatoms. The van der Waals surface area contributed by atoms with E-state index in [-0.39, 0.29) is 6.10 Å². The van der Waals surface area contributed by atoms with Gasteiger partial charge in [-0.15, -0.1) is 0 Å². The second-order valence-electron chi connectivity index (χ2n) is 4.17. The summed E-state index contributed by atoms with van der Waals surface area (Å²) in [6, 6.07) is 9.17. The molecule has 2 aromatic rings. The first-order valence-corrected chi connectivity index (χ1v) is 5.73. The number of rotatable bonds is 2. The number of benzene rings is 1. The second kappa shape index (κ2) is 4.22. The molecule has 1 aliphatic heterocycles. The highest BCUT2D eigenvalue weighted by atomic mass is 16.5. The van der Waals surface area contributed by atoms with Gasteiger partial charge in [-0.1, -0.05) is 18.2 Å². The van der Waals surface area contributed by atoms with E-state index in [4.69, 9.17) is 9.15 Å². The summed E-state index contributed by atoms with van der Waals surface area (Å²) in [4.78, 5) is 11.7. The van der Waals surface area contributed by atoms with E-state index < -0.39 is 5.63 Å². The van der Waals surface area contributed by atoms with Gasteiger partial charge in [-0.25, -0.2) is 4.79 Å². The number of hydrogen-bond donors (Lipinski definition) is 1. The van der Waals surface area contributed by atoms with E-state index in [1.165, 1.54) is 0 Å². The summed E-state index contributed by atoms with van der Waals surface area (Å²) < 4.78 is 10.8. The molecule has 1 atom stereocenters. The smallest absolute Gasteiger partial charge is 0.379 e. The summed E-state index contributed by atoms with van der Waals surface area (Å²) in [7, 11) is 0. The van der Waals surface area contributed by atoms with Crippen molar-refractivity contribution in [2.24, 2.45) is 0 Å². The van der Waals surface area contributed by atoms with Crippen LogP contribution >= 0.6 is 0 Å². The van der Waals surface area contributed by atoms with Crippen LogP contribution in [0, 0.1) is 0 Å². The lowest BCUT2D eigenvalue weighted by molar-refractivity contribution is 0.214. The highest BCUT2D eigenvalue weighted by molar-refractivity contribution is 5.77. The zero-order valence-corrected chi connectivity index (χ0v) is 9.31. The lowest BCUT2D eigenvalue weighted by Gasteiger charge is -2.11. The van der Waals surface area contributed by atoms with Crippen molar-refractivity contribution in [1.29, 1.82) is 0 Å². The first kappa shape index (κ1) is 10.4. The van der Waals surface area contributed by atoms with Crippen LogP contribution in [0.4, 0.5) is 0 Å². The lowest BCUT2D eigenvalue weighted by Crippen LogP contribution is -2.22. The molecular weight excluding hydrogens is 218 g/mol. The molecule has 1 N–H and O–H groups in total. The van der Waals surface area contributed by atoms with Gasteiger partial charge in [0.25, 0.3) is 0 Å². The van der Waals surface area contributed by atoms with Crippen LogP contribution < -0.4 is 15.7 Å². The van der Waals surface area contributed by atoms with Gasteiger partial charge in [-0.05, 0) is 25.1 Å². The second-order valence-corrected chi connectivity index (χ2v) is 4.17. The van der Waals surface area contributed by atoms with E-state index in [1.807, 2.05) is 18.2 Å². The number of ether oxygens (including phenoxy) is 1. The predicted molar refractivity (Wildman–Crippen MR) is 64.4 cm³/mol. The highest BCUT2D eigenvalue weighted by Crippen LogP contribution is 2.18. The number of fused-ring (bicyclic) bond motifs is 1.